The highest BCUT2D eigenvalue weighted by atomic mass is 16.5. The van der Waals surface area contributed by atoms with Crippen LogP contribution in [0.5, 0.6) is 11.5 Å². The molecule has 0 unspecified atom stereocenters. The molecule has 1 aliphatic rings. The maximum atomic E-state index is 12.7. The number of aliphatic imine (C=N–C) groups is 1. The number of methoxy groups -OCH3 is 1. The van der Waals surface area contributed by atoms with Crippen molar-refractivity contribution in [2.24, 2.45) is 4.99 Å². The van der Waals surface area contributed by atoms with Crippen molar-refractivity contribution in [3.63, 3.8) is 0 Å². The van der Waals surface area contributed by atoms with E-state index in [4.69, 9.17) is 14.6 Å². The highest BCUT2D eigenvalue weighted by Crippen LogP contribution is 2.37. The molecule has 1 fully saturated rings. The number of anilines is 1. The van der Waals surface area contributed by atoms with Gasteiger partial charge in [0.2, 0.25) is 0 Å². The van der Waals surface area contributed by atoms with E-state index in [9.17, 15) is 14.7 Å². The fraction of sp³-hybridized carbons (Fsp3) is 0.250. The third-order valence-corrected chi connectivity index (χ3v) is 5.73. The van der Waals surface area contributed by atoms with Gasteiger partial charge in [-0.05, 0) is 42.8 Å². The van der Waals surface area contributed by atoms with Gasteiger partial charge in [0, 0.05) is 44.5 Å². The molecule has 196 valence electrons. The Balaban J connectivity index is 0.00000165. The molecule has 37 heavy (non-hydrogen) atoms. The van der Waals surface area contributed by atoms with E-state index >= 15 is 0 Å². The first kappa shape index (κ1) is 27.4. The van der Waals surface area contributed by atoms with Crippen LogP contribution in [0, 0.1) is 0 Å². The monoisotopic (exact) mass is 507 g/mol. The van der Waals surface area contributed by atoms with E-state index in [0.717, 1.165) is 19.0 Å². The van der Waals surface area contributed by atoms with Crippen molar-refractivity contribution in [1.29, 1.82) is 0 Å². The zero-order valence-electron chi connectivity index (χ0n) is 21.1. The standard InChI is InChI=1S/C27H27N3O5.CH4O.H2/c1-18(28-22-11-10-21(17-31)25(16-22)34-2)29-24-5-3-4-23(26(24)32)19-6-8-20(9-7-19)27(33)30-12-14-35-15-13-30;1-2;/h3-11,16-17,32H,12-15H2,1-2H3,(H,28,29);2H,1H3;1H. The Hall–Kier alpha value is -4.21. The Bertz CT molecular complexity index is 1260. The summed E-state index contributed by atoms with van der Waals surface area (Å²) in [6.45, 7) is 4.05. The van der Waals surface area contributed by atoms with Gasteiger partial charge in [0.25, 0.3) is 5.91 Å². The Labute approximate surface area is 217 Å². The van der Waals surface area contributed by atoms with Gasteiger partial charge in [-0.15, -0.1) is 0 Å². The fourth-order valence-corrected chi connectivity index (χ4v) is 3.90. The average Bonchev–Trinajstić information content (AvgIpc) is 2.95. The molecule has 0 atom stereocenters. The van der Waals surface area contributed by atoms with Crippen molar-refractivity contribution in [3.8, 4) is 22.6 Å². The number of para-hydroxylation sites is 1. The van der Waals surface area contributed by atoms with E-state index in [1.54, 1.807) is 54.3 Å². The number of amidine groups is 1. The molecule has 0 aromatic heterocycles. The van der Waals surface area contributed by atoms with Crippen LogP contribution < -0.4 is 10.1 Å². The highest BCUT2D eigenvalue weighted by Gasteiger charge is 2.18. The van der Waals surface area contributed by atoms with E-state index < -0.39 is 0 Å². The Morgan fingerprint density at radius 1 is 1.11 bits per heavy atom. The third-order valence-electron chi connectivity index (χ3n) is 5.73. The van der Waals surface area contributed by atoms with Crippen LogP contribution in [0.15, 0.2) is 65.7 Å². The van der Waals surface area contributed by atoms with Gasteiger partial charge < -0.3 is 29.9 Å². The molecule has 1 amide bonds. The number of morpholine rings is 1. The zero-order chi connectivity index (χ0) is 26.8. The van der Waals surface area contributed by atoms with Crippen molar-refractivity contribution in [3.05, 3.63) is 71.8 Å². The predicted molar refractivity (Wildman–Crippen MR) is 145 cm³/mol. The molecular weight excluding hydrogens is 474 g/mol. The maximum absolute atomic E-state index is 12.7. The van der Waals surface area contributed by atoms with Crippen LogP contribution in [-0.4, -0.2) is 73.7 Å². The topological polar surface area (TPSA) is 121 Å². The van der Waals surface area contributed by atoms with Crippen molar-refractivity contribution in [2.75, 3.05) is 45.8 Å². The quantitative estimate of drug-likeness (QED) is 0.257. The van der Waals surface area contributed by atoms with Crippen molar-refractivity contribution >= 4 is 29.4 Å². The molecule has 0 bridgehead atoms. The number of hydrogen-bond acceptors (Lipinski definition) is 7. The normalized spacial score (nSPS) is 13.3. The van der Waals surface area contributed by atoms with Crippen LogP contribution in [0.3, 0.4) is 0 Å². The van der Waals surface area contributed by atoms with E-state index in [-0.39, 0.29) is 13.1 Å². The first-order valence-electron chi connectivity index (χ1n) is 11.7. The number of aldehydes is 1. The van der Waals surface area contributed by atoms with Crippen LogP contribution >= 0.6 is 0 Å². The highest BCUT2D eigenvalue weighted by molar-refractivity contribution is 5.97. The lowest BCUT2D eigenvalue weighted by molar-refractivity contribution is 0.0303. The van der Waals surface area contributed by atoms with Gasteiger partial charge in [0.15, 0.2) is 6.29 Å². The summed E-state index contributed by atoms with van der Waals surface area (Å²) in [5.41, 5.74) is 3.54. The molecule has 9 heteroatoms. The number of nitrogens with zero attached hydrogens (tertiary/aromatic N) is 2. The minimum absolute atomic E-state index is 0. The van der Waals surface area contributed by atoms with Crippen molar-refractivity contribution in [1.82, 2.24) is 4.90 Å². The Morgan fingerprint density at radius 3 is 2.46 bits per heavy atom. The lowest BCUT2D eigenvalue weighted by Crippen LogP contribution is -2.40. The average molecular weight is 508 g/mol. The zero-order valence-corrected chi connectivity index (χ0v) is 21.1. The number of aliphatic hydroxyl groups is 1. The molecule has 9 nitrogen and oxygen atoms in total. The number of aromatic hydroxyl groups is 1. The Kier molecular flexibility index (Phi) is 9.76. The molecule has 0 radical (unpaired) electrons. The van der Waals surface area contributed by atoms with Crippen LogP contribution in [0.4, 0.5) is 11.4 Å². The van der Waals surface area contributed by atoms with Gasteiger partial charge in [0.1, 0.15) is 23.0 Å². The molecule has 3 aromatic carbocycles. The lowest BCUT2D eigenvalue weighted by atomic mass is 10.0. The molecule has 1 aliphatic heterocycles. The van der Waals surface area contributed by atoms with Gasteiger partial charge in [0.05, 0.1) is 25.9 Å². The first-order chi connectivity index (χ1) is 18.0. The smallest absolute Gasteiger partial charge is 0.254 e. The van der Waals surface area contributed by atoms with E-state index in [1.807, 2.05) is 18.2 Å². The number of carbonyl (C=O) groups excluding carboxylic acids is 2. The first-order valence-corrected chi connectivity index (χ1v) is 11.7. The second-order valence-electron chi connectivity index (χ2n) is 8.05. The lowest BCUT2D eigenvalue weighted by Gasteiger charge is -2.26. The molecule has 1 heterocycles. The largest absolute Gasteiger partial charge is 0.505 e. The molecule has 0 saturated carbocycles. The predicted octanol–water partition coefficient (Wildman–Crippen LogP) is 4.37. The summed E-state index contributed by atoms with van der Waals surface area (Å²) in [4.78, 5) is 30.1. The van der Waals surface area contributed by atoms with Crippen molar-refractivity contribution < 1.29 is 30.7 Å². The molecular formula is C28H33N3O6. The number of phenolic OH excluding ortho intramolecular Hbond substituents is 1. The van der Waals surface area contributed by atoms with Crippen LogP contribution in [0.25, 0.3) is 11.1 Å². The third kappa shape index (κ3) is 6.72. The number of hydrogen-bond donors (Lipinski definition) is 3. The van der Waals surface area contributed by atoms with Gasteiger partial charge >= 0.3 is 0 Å². The summed E-state index contributed by atoms with van der Waals surface area (Å²) in [5, 5.41) is 21.1. The fourth-order valence-electron chi connectivity index (χ4n) is 3.90. The minimum Gasteiger partial charge on any atom is -0.505 e. The molecule has 0 aliphatic carbocycles. The molecule has 0 spiro atoms. The summed E-state index contributed by atoms with van der Waals surface area (Å²) < 4.78 is 10.6. The summed E-state index contributed by atoms with van der Waals surface area (Å²) >= 11 is 0. The second-order valence-corrected chi connectivity index (χ2v) is 8.05. The number of amides is 1. The maximum Gasteiger partial charge on any atom is 0.254 e. The molecule has 1 saturated heterocycles. The summed E-state index contributed by atoms with van der Waals surface area (Å²) in [6, 6.07) is 17.6. The molecule has 4 rings (SSSR count). The van der Waals surface area contributed by atoms with Gasteiger partial charge in [-0.3, -0.25) is 9.59 Å². The van der Waals surface area contributed by atoms with E-state index in [1.165, 1.54) is 7.11 Å². The number of aliphatic hydroxyl groups excluding tert-OH is 1. The summed E-state index contributed by atoms with van der Waals surface area (Å²) in [6.07, 6.45) is 0.734. The number of carbonyl (C=O) groups is 2. The number of phenols is 1. The van der Waals surface area contributed by atoms with Gasteiger partial charge in [-0.25, -0.2) is 4.99 Å². The van der Waals surface area contributed by atoms with Gasteiger partial charge in [-0.1, -0.05) is 24.3 Å². The van der Waals surface area contributed by atoms with Gasteiger partial charge in [-0.2, -0.15) is 0 Å². The summed E-state index contributed by atoms with van der Waals surface area (Å²) in [5.74, 6) is 1.01. The number of rotatable bonds is 6. The number of ether oxygens (including phenoxy) is 2. The van der Waals surface area contributed by atoms with Crippen LogP contribution in [-0.2, 0) is 4.74 Å². The number of benzene rings is 3. The SMILES string of the molecule is CO.COc1cc(NC(C)=Nc2cccc(-c3ccc(C(=O)N4CCOCC4)cc3)c2O)ccc1C=O.[HH]. The number of nitrogens with one attached hydrogen (secondary N) is 1. The Morgan fingerprint density at radius 2 is 1.81 bits per heavy atom. The van der Waals surface area contributed by atoms with Crippen LogP contribution in [0.2, 0.25) is 0 Å². The van der Waals surface area contributed by atoms with Crippen LogP contribution in [0.1, 0.15) is 29.1 Å². The van der Waals surface area contributed by atoms with E-state index in [2.05, 4.69) is 10.3 Å². The van der Waals surface area contributed by atoms with Crippen molar-refractivity contribution in [2.45, 2.75) is 6.92 Å². The van der Waals surface area contributed by atoms with E-state index in [0.29, 0.717) is 66.0 Å². The summed E-state index contributed by atoms with van der Waals surface area (Å²) in [7, 11) is 2.50. The molecule has 3 N–H and O–H groups in total. The second kappa shape index (κ2) is 13.2. The molecule has 3 aromatic rings. The minimum atomic E-state index is -0.0260.